The summed E-state index contributed by atoms with van der Waals surface area (Å²) in [5.74, 6) is 0.884. The third-order valence-electron chi connectivity index (χ3n) is 4.21. The molecule has 0 bridgehead atoms. The van der Waals surface area contributed by atoms with Crippen LogP contribution in [0.5, 0.6) is 0 Å². The number of aromatic nitrogens is 6. The molecule has 136 valence electrons. The number of fused-ring (bicyclic) bond motifs is 1. The van der Waals surface area contributed by atoms with E-state index in [1.54, 1.807) is 30.9 Å². The number of rotatable bonds is 4. The minimum Gasteiger partial charge on any atom is -0.382 e. The minimum absolute atomic E-state index is 0.410. The second-order valence-electron chi connectivity index (χ2n) is 6.61. The van der Waals surface area contributed by atoms with Crippen LogP contribution in [0, 0.1) is 0 Å². The molecule has 0 fully saturated rings. The van der Waals surface area contributed by atoms with Gasteiger partial charge in [0.2, 0.25) is 5.95 Å². The quantitative estimate of drug-likeness (QED) is 0.496. The van der Waals surface area contributed by atoms with Gasteiger partial charge in [0.25, 0.3) is 0 Å². The highest BCUT2D eigenvalue weighted by Gasteiger charge is 2.25. The number of nitrogens with two attached hydrogens (primary N) is 1. The van der Waals surface area contributed by atoms with Crippen molar-refractivity contribution in [3.63, 3.8) is 0 Å². The lowest BCUT2D eigenvalue weighted by Gasteiger charge is -2.26. The summed E-state index contributed by atoms with van der Waals surface area (Å²) < 4.78 is 0. The van der Waals surface area contributed by atoms with Crippen molar-refractivity contribution < 1.29 is 0 Å². The summed E-state index contributed by atoms with van der Waals surface area (Å²) in [6, 6.07) is 5.51. The predicted octanol–water partition coefficient (Wildman–Crippen LogP) is 3.39. The molecule has 4 aromatic heterocycles. The molecule has 0 amide bonds. The average Bonchev–Trinajstić information content (AvgIpc) is 3.03. The van der Waals surface area contributed by atoms with E-state index in [1.165, 1.54) is 0 Å². The maximum Gasteiger partial charge on any atom is 0.223 e. The van der Waals surface area contributed by atoms with Gasteiger partial charge in [0, 0.05) is 35.9 Å². The van der Waals surface area contributed by atoms with Crippen molar-refractivity contribution in [2.45, 2.75) is 19.4 Å². The van der Waals surface area contributed by atoms with E-state index in [-0.39, 0.29) is 0 Å². The largest absolute Gasteiger partial charge is 0.382 e. The van der Waals surface area contributed by atoms with E-state index in [0.717, 1.165) is 22.2 Å². The normalized spacial score (nSPS) is 11.7. The van der Waals surface area contributed by atoms with Crippen molar-refractivity contribution >= 4 is 34.4 Å². The fourth-order valence-electron chi connectivity index (χ4n) is 2.81. The van der Waals surface area contributed by atoms with E-state index in [2.05, 4.69) is 35.5 Å². The van der Waals surface area contributed by atoms with Gasteiger partial charge in [-0.25, -0.2) is 15.0 Å². The summed E-state index contributed by atoms with van der Waals surface area (Å²) in [5, 5.41) is 11.4. The Morgan fingerprint density at radius 1 is 1.07 bits per heavy atom. The molecular weight excluding hydrogens is 364 g/mol. The number of H-pyrrole nitrogens is 1. The maximum atomic E-state index is 6.26. The molecule has 8 nitrogen and oxygen atoms in total. The van der Waals surface area contributed by atoms with E-state index < -0.39 is 5.54 Å². The molecule has 4 aromatic rings. The number of hydrogen-bond donors (Lipinski definition) is 3. The molecule has 0 saturated carbocycles. The van der Waals surface area contributed by atoms with Gasteiger partial charge in [0.05, 0.1) is 21.6 Å². The Bertz CT molecular complexity index is 1100. The van der Waals surface area contributed by atoms with Crippen LogP contribution in [-0.4, -0.2) is 30.1 Å². The first kappa shape index (κ1) is 17.2. The molecule has 0 aromatic carbocycles. The summed E-state index contributed by atoms with van der Waals surface area (Å²) in [7, 11) is 0. The van der Waals surface area contributed by atoms with E-state index >= 15 is 0 Å². The zero-order valence-corrected chi connectivity index (χ0v) is 15.5. The highest BCUT2D eigenvalue weighted by Crippen LogP contribution is 2.29. The summed E-state index contributed by atoms with van der Waals surface area (Å²) in [6.45, 7) is 3.94. The second kappa shape index (κ2) is 6.48. The zero-order valence-electron chi connectivity index (χ0n) is 14.7. The van der Waals surface area contributed by atoms with E-state index in [1.807, 2.05) is 26.0 Å². The number of halogens is 1. The second-order valence-corrected chi connectivity index (χ2v) is 7.02. The van der Waals surface area contributed by atoms with Crippen molar-refractivity contribution in [1.82, 2.24) is 30.1 Å². The van der Waals surface area contributed by atoms with Crippen LogP contribution < -0.4 is 11.1 Å². The molecule has 27 heavy (non-hydrogen) atoms. The van der Waals surface area contributed by atoms with Gasteiger partial charge < -0.3 is 11.1 Å². The number of hydrogen-bond acceptors (Lipinski definition) is 7. The first-order valence-corrected chi connectivity index (χ1v) is 8.63. The van der Waals surface area contributed by atoms with Crippen LogP contribution in [0.4, 0.5) is 11.8 Å². The SMILES string of the molecule is CC(C)(Nc1ncc(-c2cnc3[nH]nc(N)c3c2)cn1)c1ncccc1Cl. The molecule has 0 spiro atoms. The third-order valence-corrected chi connectivity index (χ3v) is 4.51. The topological polar surface area (TPSA) is 118 Å². The molecule has 4 rings (SSSR count). The Labute approximate surface area is 160 Å². The lowest BCUT2D eigenvalue weighted by Crippen LogP contribution is -2.30. The summed E-state index contributed by atoms with van der Waals surface area (Å²) in [5.41, 5.74) is 8.36. The average molecular weight is 381 g/mol. The van der Waals surface area contributed by atoms with Gasteiger partial charge >= 0.3 is 0 Å². The van der Waals surface area contributed by atoms with Gasteiger partial charge in [0.15, 0.2) is 11.5 Å². The molecule has 4 heterocycles. The van der Waals surface area contributed by atoms with Crippen LogP contribution >= 0.6 is 11.6 Å². The Kier molecular flexibility index (Phi) is 4.12. The van der Waals surface area contributed by atoms with Crippen molar-refractivity contribution in [3.05, 3.63) is 53.7 Å². The molecular formula is C18H17ClN8. The maximum absolute atomic E-state index is 6.26. The predicted molar refractivity (Wildman–Crippen MR) is 105 cm³/mol. The Hall–Kier alpha value is -3.26. The number of nitrogens with zero attached hydrogens (tertiary/aromatic N) is 5. The molecule has 0 atom stereocenters. The molecule has 0 saturated heterocycles. The van der Waals surface area contributed by atoms with Crippen LogP contribution in [0.1, 0.15) is 19.5 Å². The highest BCUT2D eigenvalue weighted by molar-refractivity contribution is 6.31. The van der Waals surface area contributed by atoms with Gasteiger partial charge in [0.1, 0.15) is 0 Å². The highest BCUT2D eigenvalue weighted by atomic mass is 35.5. The van der Waals surface area contributed by atoms with Gasteiger partial charge in [-0.2, -0.15) is 5.10 Å². The molecule has 0 aliphatic rings. The van der Waals surface area contributed by atoms with Crippen molar-refractivity contribution in [2.75, 3.05) is 11.1 Å². The molecule has 0 radical (unpaired) electrons. The van der Waals surface area contributed by atoms with Crippen LogP contribution in [-0.2, 0) is 5.54 Å². The Morgan fingerprint density at radius 3 is 2.56 bits per heavy atom. The Morgan fingerprint density at radius 2 is 1.81 bits per heavy atom. The van der Waals surface area contributed by atoms with Crippen molar-refractivity contribution in [3.8, 4) is 11.1 Å². The van der Waals surface area contributed by atoms with Gasteiger partial charge in [-0.3, -0.25) is 10.1 Å². The van der Waals surface area contributed by atoms with Crippen LogP contribution in [0.3, 0.4) is 0 Å². The minimum atomic E-state index is -0.536. The lowest BCUT2D eigenvalue weighted by atomic mass is 10.00. The summed E-state index contributed by atoms with van der Waals surface area (Å²) in [6.07, 6.45) is 6.89. The van der Waals surface area contributed by atoms with E-state index in [4.69, 9.17) is 17.3 Å². The standard InChI is InChI=1S/C18H17ClN8/c1-18(2,14-13(19)4-3-5-21-14)25-17-23-8-11(9-24-17)10-6-12-15(20)26-27-16(12)22-7-10/h3-9H,1-2H3,(H,23,24,25)(H3,20,22,26,27). The number of anilines is 2. The van der Waals surface area contributed by atoms with E-state index in [9.17, 15) is 0 Å². The van der Waals surface area contributed by atoms with E-state index in [0.29, 0.717) is 22.4 Å². The van der Waals surface area contributed by atoms with Gasteiger partial charge in [-0.15, -0.1) is 0 Å². The first-order chi connectivity index (χ1) is 12.9. The van der Waals surface area contributed by atoms with Crippen molar-refractivity contribution in [1.29, 1.82) is 0 Å². The number of pyridine rings is 2. The van der Waals surface area contributed by atoms with Crippen molar-refractivity contribution in [2.24, 2.45) is 0 Å². The number of nitrogen functional groups attached to an aromatic ring is 1. The fourth-order valence-corrected chi connectivity index (χ4v) is 3.16. The third kappa shape index (κ3) is 3.26. The Balaban J connectivity index is 1.60. The van der Waals surface area contributed by atoms with Crippen LogP contribution in [0.15, 0.2) is 43.0 Å². The molecule has 0 aliphatic carbocycles. The summed E-state index contributed by atoms with van der Waals surface area (Å²) >= 11 is 6.26. The van der Waals surface area contributed by atoms with Gasteiger partial charge in [-0.05, 0) is 32.0 Å². The smallest absolute Gasteiger partial charge is 0.223 e. The first-order valence-electron chi connectivity index (χ1n) is 8.25. The monoisotopic (exact) mass is 380 g/mol. The van der Waals surface area contributed by atoms with Crippen LogP contribution in [0.2, 0.25) is 5.02 Å². The number of aromatic amines is 1. The number of nitrogens with one attached hydrogen (secondary N) is 2. The lowest BCUT2D eigenvalue weighted by molar-refractivity contribution is 0.581. The molecule has 0 unspecified atom stereocenters. The summed E-state index contributed by atoms with van der Waals surface area (Å²) in [4.78, 5) is 17.5. The fraction of sp³-hybridized carbons (Fsp3) is 0.167. The van der Waals surface area contributed by atoms with Crippen LogP contribution in [0.25, 0.3) is 22.2 Å². The molecule has 0 aliphatic heterocycles. The molecule has 4 N–H and O–H groups in total. The molecule has 9 heteroatoms. The van der Waals surface area contributed by atoms with Gasteiger partial charge in [-0.1, -0.05) is 11.6 Å². The zero-order chi connectivity index (χ0) is 19.0.